The number of hydrogen-bond acceptors (Lipinski definition) is 5. The molecule has 1 aromatic carbocycles. The Kier molecular flexibility index (Phi) is 9.78. The van der Waals surface area contributed by atoms with Crippen LogP contribution < -0.4 is 14.8 Å². The number of carbonyl (C=O) groups excluding carboxylic acids is 1. The lowest BCUT2D eigenvalue weighted by molar-refractivity contribution is 0.152. The molecule has 1 heterocycles. The number of anilines is 1. The highest BCUT2D eigenvalue weighted by atomic mass is 16.5. The first-order chi connectivity index (χ1) is 14.2. The lowest BCUT2D eigenvalue weighted by Crippen LogP contribution is -2.36. The van der Waals surface area contributed by atoms with Gasteiger partial charge in [-0.15, -0.1) is 0 Å². The van der Waals surface area contributed by atoms with Gasteiger partial charge in [0.05, 0.1) is 19.8 Å². The van der Waals surface area contributed by atoms with Crippen molar-refractivity contribution in [1.82, 2.24) is 9.88 Å². The van der Waals surface area contributed by atoms with Crippen LogP contribution in [0, 0.1) is 0 Å². The van der Waals surface area contributed by atoms with Gasteiger partial charge in [0, 0.05) is 44.3 Å². The normalized spacial score (nSPS) is 10.4. The van der Waals surface area contributed by atoms with Crippen LogP contribution in [0.4, 0.5) is 10.5 Å². The SMILES string of the molecule is CCCOc1ccc(NC(=O)N(CCOC)Cc2cccnc2)cc1OCCC. The summed E-state index contributed by atoms with van der Waals surface area (Å²) in [5, 5.41) is 2.95. The zero-order chi connectivity index (χ0) is 20.9. The first-order valence-corrected chi connectivity index (χ1v) is 10.0. The minimum absolute atomic E-state index is 0.213. The highest BCUT2D eigenvalue weighted by molar-refractivity contribution is 5.89. The van der Waals surface area contributed by atoms with Crippen molar-refractivity contribution >= 4 is 11.7 Å². The lowest BCUT2D eigenvalue weighted by atomic mass is 10.2. The molecule has 0 bridgehead atoms. The number of pyridine rings is 1. The van der Waals surface area contributed by atoms with Crippen LogP contribution in [-0.4, -0.2) is 49.4 Å². The average molecular weight is 402 g/mol. The molecule has 0 unspecified atom stereocenters. The zero-order valence-electron chi connectivity index (χ0n) is 17.5. The lowest BCUT2D eigenvalue weighted by Gasteiger charge is -2.23. The highest BCUT2D eigenvalue weighted by Gasteiger charge is 2.16. The summed E-state index contributed by atoms with van der Waals surface area (Å²) in [6.45, 7) is 6.66. The summed E-state index contributed by atoms with van der Waals surface area (Å²) in [4.78, 5) is 18.7. The van der Waals surface area contributed by atoms with Gasteiger partial charge >= 0.3 is 6.03 Å². The van der Waals surface area contributed by atoms with E-state index >= 15 is 0 Å². The molecule has 0 aliphatic heterocycles. The summed E-state index contributed by atoms with van der Waals surface area (Å²) in [5.41, 5.74) is 1.60. The fourth-order valence-corrected chi connectivity index (χ4v) is 2.61. The number of rotatable bonds is 12. The number of aromatic nitrogens is 1. The fraction of sp³-hybridized carbons (Fsp3) is 0.455. The molecule has 0 spiro atoms. The van der Waals surface area contributed by atoms with Crippen molar-refractivity contribution in [3.63, 3.8) is 0 Å². The third-order valence-electron chi connectivity index (χ3n) is 4.07. The van der Waals surface area contributed by atoms with E-state index in [-0.39, 0.29) is 6.03 Å². The van der Waals surface area contributed by atoms with Crippen LogP contribution in [0.25, 0.3) is 0 Å². The van der Waals surface area contributed by atoms with Gasteiger partial charge in [0.1, 0.15) is 0 Å². The molecule has 2 amide bonds. The molecule has 0 saturated carbocycles. The van der Waals surface area contributed by atoms with Crippen molar-refractivity contribution in [1.29, 1.82) is 0 Å². The van der Waals surface area contributed by atoms with E-state index in [1.165, 1.54) is 0 Å². The molecule has 2 aromatic rings. The number of nitrogens with one attached hydrogen (secondary N) is 1. The fourth-order valence-electron chi connectivity index (χ4n) is 2.61. The van der Waals surface area contributed by atoms with Crippen LogP contribution in [0.1, 0.15) is 32.3 Å². The summed E-state index contributed by atoms with van der Waals surface area (Å²) < 4.78 is 16.7. The van der Waals surface area contributed by atoms with Gasteiger partial charge in [0.2, 0.25) is 0 Å². The molecule has 0 aliphatic rings. The van der Waals surface area contributed by atoms with Crippen molar-refractivity contribution < 1.29 is 19.0 Å². The minimum Gasteiger partial charge on any atom is -0.490 e. The third kappa shape index (κ3) is 7.62. The molecular formula is C22H31N3O4. The Morgan fingerprint density at radius 1 is 1.07 bits per heavy atom. The van der Waals surface area contributed by atoms with Crippen LogP contribution in [0.5, 0.6) is 11.5 Å². The molecule has 7 nitrogen and oxygen atoms in total. The highest BCUT2D eigenvalue weighted by Crippen LogP contribution is 2.31. The monoisotopic (exact) mass is 401 g/mol. The van der Waals surface area contributed by atoms with Gasteiger partial charge in [-0.2, -0.15) is 0 Å². The molecule has 158 valence electrons. The van der Waals surface area contributed by atoms with Crippen molar-refractivity contribution in [3.05, 3.63) is 48.3 Å². The number of methoxy groups -OCH3 is 1. The van der Waals surface area contributed by atoms with E-state index in [9.17, 15) is 4.79 Å². The van der Waals surface area contributed by atoms with Gasteiger partial charge in [0.25, 0.3) is 0 Å². The molecule has 0 fully saturated rings. The van der Waals surface area contributed by atoms with Gasteiger partial charge in [0.15, 0.2) is 11.5 Å². The second kappa shape index (κ2) is 12.6. The predicted molar refractivity (Wildman–Crippen MR) is 114 cm³/mol. The van der Waals surface area contributed by atoms with Crippen LogP contribution in [-0.2, 0) is 11.3 Å². The van der Waals surface area contributed by atoms with Gasteiger partial charge in [-0.05, 0) is 36.6 Å². The molecule has 7 heteroatoms. The predicted octanol–water partition coefficient (Wildman–Crippen LogP) is 4.34. The number of hydrogen-bond donors (Lipinski definition) is 1. The largest absolute Gasteiger partial charge is 0.490 e. The van der Waals surface area contributed by atoms with Crippen LogP contribution in [0.2, 0.25) is 0 Å². The molecular weight excluding hydrogens is 370 g/mol. The molecule has 29 heavy (non-hydrogen) atoms. The average Bonchev–Trinajstić information content (AvgIpc) is 2.75. The number of carbonyl (C=O) groups is 1. The quantitative estimate of drug-likeness (QED) is 0.573. The Labute approximate surface area is 173 Å². The van der Waals surface area contributed by atoms with Crippen LogP contribution in [0.15, 0.2) is 42.7 Å². The van der Waals surface area contributed by atoms with Crippen molar-refractivity contribution in [2.24, 2.45) is 0 Å². The number of ether oxygens (including phenoxy) is 3. The Balaban J connectivity index is 2.11. The molecule has 1 aromatic heterocycles. The van der Waals surface area contributed by atoms with Gasteiger partial charge in [-0.1, -0.05) is 19.9 Å². The first-order valence-electron chi connectivity index (χ1n) is 10.0. The summed E-state index contributed by atoms with van der Waals surface area (Å²) in [5.74, 6) is 1.32. The Bertz CT molecular complexity index is 740. The number of nitrogens with zero attached hydrogens (tertiary/aromatic N) is 2. The summed E-state index contributed by atoms with van der Waals surface area (Å²) in [7, 11) is 1.62. The number of benzene rings is 1. The van der Waals surface area contributed by atoms with E-state index in [1.54, 1.807) is 30.5 Å². The maximum absolute atomic E-state index is 12.9. The van der Waals surface area contributed by atoms with E-state index in [2.05, 4.69) is 17.2 Å². The Morgan fingerprint density at radius 2 is 1.83 bits per heavy atom. The minimum atomic E-state index is -0.213. The maximum atomic E-state index is 12.9. The Hall–Kier alpha value is -2.80. The first kappa shape index (κ1) is 22.5. The van der Waals surface area contributed by atoms with Gasteiger partial charge in [-0.25, -0.2) is 4.79 Å². The van der Waals surface area contributed by atoms with Crippen molar-refractivity contribution in [2.45, 2.75) is 33.2 Å². The van der Waals surface area contributed by atoms with E-state index < -0.39 is 0 Å². The van der Waals surface area contributed by atoms with Gasteiger partial charge in [-0.3, -0.25) is 4.98 Å². The smallest absolute Gasteiger partial charge is 0.322 e. The maximum Gasteiger partial charge on any atom is 0.322 e. The summed E-state index contributed by atoms with van der Waals surface area (Å²) in [6.07, 6.45) is 5.26. The topological polar surface area (TPSA) is 72.9 Å². The molecule has 0 atom stereocenters. The van der Waals surface area contributed by atoms with E-state index in [0.29, 0.717) is 50.1 Å². The molecule has 1 N–H and O–H groups in total. The summed E-state index contributed by atoms with van der Waals surface area (Å²) in [6, 6.07) is 9.04. The Morgan fingerprint density at radius 3 is 2.48 bits per heavy atom. The van der Waals surface area contributed by atoms with E-state index in [1.807, 2.05) is 31.2 Å². The number of amides is 2. The van der Waals surface area contributed by atoms with E-state index in [4.69, 9.17) is 14.2 Å². The standard InChI is InChI=1S/C22H31N3O4/c1-4-12-28-20-9-8-19(15-21(20)29-13-5-2)24-22(26)25(11-14-27-3)17-18-7-6-10-23-16-18/h6-10,15-16H,4-5,11-14,17H2,1-3H3,(H,24,26). The summed E-state index contributed by atoms with van der Waals surface area (Å²) >= 11 is 0. The van der Waals surface area contributed by atoms with Crippen molar-refractivity contribution in [3.8, 4) is 11.5 Å². The van der Waals surface area contributed by atoms with Gasteiger partial charge < -0.3 is 24.4 Å². The number of urea groups is 1. The molecule has 0 aliphatic carbocycles. The zero-order valence-corrected chi connectivity index (χ0v) is 17.5. The van der Waals surface area contributed by atoms with Crippen LogP contribution in [0.3, 0.4) is 0 Å². The van der Waals surface area contributed by atoms with Crippen LogP contribution >= 0.6 is 0 Å². The van der Waals surface area contributed by atoms with Crippen molar-refractivity contribution in [2.75, 3.05) is 38.8 Å². The molecule has 2 rings (SSSR count). The second-order valence-electron chi connectivity index (χ2n) is 6.56. The molecule has 0 radical (unpaired) electrons. The third-order valence-corrected chi connectivity index (χ3v) is 4.07. The molecule has 0 saturated heterocycles. The van der Waals surface area contributed by atoms with E-state index in [0.717, 1.165) is 18.4 Å². The second-order valence-corrected chi connectivity index (χ2v) is 6.56.